The van der Waals surface area contributed by atoms with E-state index >= 15 is 0 Å². The fourth-order valence-electron chi connectivity index (χ4n) is 6.12. The molecule has 190 valence electrons. The van der Waals surface area contributed by atoms with E-state index in [-0.39, 0.29) is 39.8 Å². The number of hydrogen-bond donors (Lipinski definition) is 0. The highest BCUT2D eigenvalue weighted by Crippen LogP contribution is 2.60. The van der Waals surface area contributed by atoms with Gasteiger partial charge in [-0.15, -0.1) is 0 Å². The molecule has 0 spiro atoms. The lowest BCUT2D eigenvalue weighted by Gasteiger charge is -2.59. The highest BCUT2D eigenvalue weighted by Gasteiger charge is 2.56. The Balaban J connectivity index is 1.92. The predicted octanol–water partition coefficient (Wildman–Crippen LogP) is 7.32. The number of rotatable bonds is 5. The zero-order valence-electron chi connectivity index (χ0n) is 23.1. The van der Waals surface area contributed by atoms with E-state index in [1.807, 2.05) is 6.92 Å². The molecule has 4 nitrogen and oxygen atoms in total. The third-order valence-corrected chi connectivity index (χ3v) is 14.0. The maximum absolute atomic E-state index is 13.0. The Morgan fingerprint density at radius 3 is 2.35 bits per heavy atom. The monoisotopic (exact) mass is 486 g/mol. The van der Waals surface area contributed by atoms with Crippen LogP contribution in [0, 0.1) is 16.7 Å². The average Bonchev–Trinajstić information content (AvgIpc) is 3.04. The van der Waals surface area contributed by atoms with Gasteiger partial charge in [0, 0.05) is 17.6 Å². The SMILES string of the molecule is C/C=C/C1=C[C@@H](OC(=O)C2=C(C)C(=O)CC2)C[C@@H]2C(C)(C)[C@@H](O[Si](C)(C)C(C)(C)C)CC[C@@]12C. The number of allylic oxidation sites excluding steroid dienone is 4. The Hall–Kier alpha value is -1.46. The maximum atomic E-state index is 13.0. The molecule has 3 aliphatic rings. The van der Waals surface area contributed by atoms with Crippen LogP contribution in [0.4, 0.5) is 0 Å². The number of carbonyl (C=O) groups is 2. The smallest absolute Gasteiger partial charge is 0.335 e. The van der Waals surface area contributed by atoms with Crippen LogP contribution in [0.15, 0.2) is 34.9 Å². The van der Waals surface area contributed by atoms with Crippen LogP contribution in [0.1, 0.15) is 87.5 Å². The van der Waals surface area contributed by atoms with E-state index in [0.29, 0.717) is 29.9 Å². The number of fused-ring (bicyclic) bond motifs is 1. The Bertz CT molecular complexity index is 930. The first-order chi connectivity index (χ1) is 15.5. The molecule has 0 amide bonds. The van der Waals surface area contributed by atoms with E-state index in [2.05, 4.69) is 72.9 Å². The maximum Gasteiger partial charge on any atom is 0.335 e. The minimum atomic E-state index is -1.92. The molecule has 0 aliphatic heterocycles. The van der Waals surface area contributed by atoms with Crippen LogP contribution < -0.4 is 0 Å². The van der Waals surface area contributed by atoms with Gasteiger partial charge in [0.15, 0.2) is 14.1 Å². The topological polar surface area (TPSA) is 52.6 Å². The minimum Gasteiger partial charge on any atom is -0.455 e. The average molecular weight is 487 g/mol. The normalized spacial score (nSPS) is 32.1. The van der Waals surface area contributed by atoms with Gasteiger partial charge in [0.1, 0.15) is 6.10 Å². The van der Waals surface area contributed by atoms with Crippen molar-refractivity contribution in [3.05, 3.63) is 34.9 Å². The van der Waals surface area contributed by atoms with E-state index in [1.165, 1.54) is 5.57 Å². The molecule has 3 rings (SSSR count). The molecular formula is C29H46O4Si. The van der Waals surface area contributed by atoms with Crippen molar-refractivity contribution >= 4 is 20.1 Å². The van der Waals surface area contributed by atoms with Gasteiger partial charge >= 0.3 is 5.97 Å². The first-order valence-electron chi connectivity index (χ1n) is 13.0. The molecule has 0 radical (unpaired) electrons. The number of hydrogen-bond acceptors (Lipinski definition) is 4. The molecule has 0 aromatic heterocycles. The van der Waals surface area contributed by atoms with Crippen molar-refractivity contribution in [1.82, 2.24) is 0 Å². The van der Waals surface area contributed by atoms with Crippen molar-refractivity contribution < 1.29 is 18.8 Å². The summed E-state index contributed by atoms with van der Waals surface area (Å²) in [5, 5.41) is 0.161. The Morgan fingerprint density at radius 2 is 1.82 bits per heavy atom. The van der Waals surface area contributed by atoms with Gasteiger partial charge in [0.25, 0.3) is 0 Å². The van der Waals surface area contributed by atoms with Crippen LogP contribution in [0.3, 0.4) is 0 Å². The second kappa shape index (κ2) is 9.20. The van der Waals surface area contributed by atoms with Gasteiger partial charge in [-0.2, -0.15) is 0 Å². The summed E-state index contributed by atoms with van der Waals surface area (Å²) in [6.45, 7) is 22.5. The minimum absolute atomic E-state index is 0.0186. The van der Waals surface area contributed by atoms with E-state index in [0.717, 1.165) is 19.3 Å². The van der Waals surface area contributed by atoms with Gasteiger partial charge < -0.3 is 9.16 Å². The lowest BCUT2D eigenvalue weighted by atomic mass is 9.50. The second-order valence-corrected chi connectivity index (χ2v) is 17.8. The third-order valence-electron chi connectivity index (χ3n) is 9.48. The van der Waals surface area contributed by atoms with Crippen LogP contribution in [0.2, 0.25) is 18.1 Å². The van der Waals surface area contributed by atoms with Crippen molar-refractivity contribution in [3.8, 4) is 0 Å². The largest absolute Gasteiger partial charge is 0.455 e. The molecule has 0 N–H and O–H groups in total. The second-order valence-electron chi connectivity index (χ2n) is 13.0. The number of carbonyl (C=O) groups excluding carboxylic acids is 2. The summed E-state index contributed by atoms with van der Waals surface area (Å²) < 4.78 is 13.1. The molecule has 0 unspecified atom stereocenters. The Kier molecular flexibility index (Phi) is 7.34. The van der Waals surface area contributed by atoms with Crippen molar-refractivity contribution in [3.63, 3.8) is 0 Å². The first-order valence-corrected chi connectivity index (χ1v) is 15.9. The number of ether oxygens (including phenoxy) is 1. The van der Waals surface area contributed by atoms with Gasteiger partial charge in [0.05, 0.1) is 6.10 Å². The summed E-state index contributed by atoms with van der Waals surface area (Å²) in [5.74, 6) is 0.0564. The summed E-state index contributed by atoms with van der Waals surface area (Å²) in [5.41, 5.74) is 2.35. The molecule has 0 aromatic carbocycles. The van der Waals surface area contributed by atoms with Crippen molar-refractivity contribution in [2.75, 3.05) is 0 Å². The van der Waals surface area contributed by atoms with Crippen LogP contribution in [-0.4, -0.2) is 32.3 Å². The molecule has 34 heavy (non-hydrogen) atoms. The Morgan fingerprint density at radius 1 is 1.18 bits per heavy atom. The number of Topliss-reactive ketones (excluding diaryl/α,β-unsaturated/α-hetero) is 1. The van der Waals surface area contributed by atoms with E-state index in [9.17, 15) is 9.59 Å². The molecule has 5 heteroatoms. The predicted molar refractivity (Wildman–Crippen MR) is 141 cm³/mol. The molecule has 1 fully saturated rings. The van der Waals surface area contributed by atoms with E-state index < -0.39 is 8.32 Å². The molecule has 0 heterocycles. The Labute approximate surface area is 208 Å². The van der Waals surface area contributed by atoms with E-state index in [1.54, 1.807) is 6.92 Å². The third kappa shape index (κ3) is 4.80. The van der Waals surface area contributed by atoms with Crippen molar-refractivity contribution in [2.45, 2.75) is 118 Å². The molecule has 0 bridgehead atoms. The molecule has 3 aliphatic carbocycles. The molecule has 1 saturated carbocycles. The van der Waals surface area contributed by atoms with Gasteiger partial charge in [0.2, 0.25) is 0 Å². The summed E-state index contributed by atoms with van der Waals surface area (Å²) in [6, 6.07) is 0. The van der Waals surface area contributed by atoms with Crippen LogP contribution in [0.5, 0.6) is 0 Å². The first kappa shape index (κ1) is 27.1. The molecule has 0 aromatic rings. The van der Waals surface area contributed by atoms with Crippen molar-refractivity contribution in [2.24, 2.45) is 16.7 Å². The molecular weight excluding hydrogens is 440 g/mol. The van der Waals surface area contributed by atoms with Gasteiger partial charge in [-0.05, 0) is 86.1 Å². The van der Waals surface area contributed by atoms with Gasteiger partial charge in [-0.3, -0.25) is 4.79 Å². The summed E-state index contributed by atoms with van der Waals surface area (Å²) in [4.78, 5) is 25.0. The highest BCUT2D eigenvalue weighted by atomic mass is 28.4. The standard InChI is InChI=1S/C29H46O4Si/c1-11-12-20-17-21(32-26(31)22-13-14-23(30)19(22)2)18-24-28(6,7)25(15-16-29(20,24)8)33-34(9,10)27(3,4)5/h11-12,17,21,24-25H,13-16,18H2,1-10H3/b12-11+/t21-,24-,25+,29+/m1/s1. The number of esters is 1. The zero-order valence-corrected chi connectivity index (χ0v) is 24.1. The van der Waals surface area contributed by atoms with Gasteiger partial charge in [-0.1, -0.05) is 53.7 Å². The molecule has 4 atom stereocenters. The zero-order chi connectivity index (χ0) is 25.7. The van der Waals surface area contributed by atoms with Crippen LogP contribution in [0.25, 0.3) is 0 Å². The summed E-state index contributed by atoms with van der Waals surface area (Å²) in [7, 11) is -1.92. The lowest BCUT2D eigenvalue weighted by Crippen LogP contribution is -2.57. The van der Waals surface area contributed by atoms with Crippen molar-refractivity contribution in [1.29, 1.82) is 0 Å². The van der Waals surface area contributed by atoms with Crippen LogP contribution >= 0.6 is 0 Å². The fraction of sp³-hybridized carbons (Fsp3) is 0.724. The molecule has 0 saturated heterocycles. The highest BCUT2D eigenvalue weighted by molar-refractivity contribution is 6.74. The number of ketones is 1. The summed E-state index contributed by atoms with van der Waals surface area (Å²) >= 11 is 0. The van der Waals surface area contributed by atoms with Gasteiger partial charge in [-0.25, -0.2) is 4.79 Å². The lowest BCUT2D eigenvalue weighted by molar-refractivity contribution is -0.147. The quantitative estimate of drug-likeness (QED) is 0.302. The fourth-order valence-corrected chi connectivity index (χ4v) is 7.61. The summed E-state index contributed by atoms with van der Waals surface area (Å²) in [6.07, 6.45) is 10.1. The van der Waals surface area contributed by atoms with E-state index in [4.69, 9.17) is 9.16 Å². The van der Waals surface area contributed by atoms with Crippen LogP contribution in [-0.2, 0) is 18.8 Å².